The normalized spacial score (nSPS) is 11.8. The fourth-order valence-electron chi connectivity index (χ4n) is 1.45. The second kappa shape index (κ2) is 6.55. The van der Waals surface area contributed by atoms with Gasteiger partial charge in [-0.3, -0.25) is 0 Å². The predicted octanol–water partition coefficient (Wildman–Crippen LogP) is 5.36. The van der Waals surface area contributed by atoms with E-state index < -0.39 is 0 Å². The quantitative estimate of drug-likeness (QED) is 0.627. The van der Waals surface area contributed by atoms with Crippen molar-refractivity contribution < 1.29 is 4.74 Å². The van der Waals surface area contributed by atoms with Gasteiger partial charge in [0.15, 0.2) is 0 Å². The van der Waals surface area contributed by atoms with Crippen LogP contribution in [0.3, 0.4) is 0 Å². The standard InChI is InChI=1S/C8H18O.C7H7Br/c1-7(2,3)9-8(4,5)6;1-6-2-4-7(8)5-3-6/h1-6H3;2-5H,1H3. The molecular weight excluding hydrogens is 276 g/mol. The van der Waals surface area contributed by atoms with Crippen molar-refractivity contribution in [2.75, 3.05) is 0 Å². The molecule has 2 heteroatoms. The topological polar surface area (TPSA) is 9.23 Å². The van der Waals surface area contributed by atoms with E-state index >= 15 is 0 Å². The van der Waals surface area contributed by atoms with Crippen molar-refractivity contribution in [3.05, 3.63) is 34.3 Å². The third-order valence-corrected chi connectivity index (χ3v) is 2.15. The molecule has 0 unspecified atom stereocenters. The number of hydrogen-bond acceptors (Lipinski definition) is 1. The van der Waals surface area contributed by atoms with E-state index in [2.05, 4.69) is 76.5 Å². The maximum Gasteiger partial charge on any atom is 0.0605 e. The fraction of sp³-hybridized carbons (Fsp3) is 0.600. The number of halogens is 1. The highest BCUT2D eigenvalue weighted by atomic mass is 79.9. The molecule has 0 saturated heterocycles. The molecule has 0 fully saturated rings. The third kappa shape index (κ3) is 11.9. The van der Waals surface area contributed by atoms with Crippen molar-refractivity contribution in [1.29, 1.82) is 0 Å². The van der Waals surface area contributed by atoms with E-state index in [9.17, 15) is 0 Å². The summed E-state index contributed by atoms with van der Waals surface area (Å²) in [5.74, 6) is 0. The zero-order valence-electron chi connectivity index (χ0n) is 12.1. The average Bonchev–Trinajstić information content (AvgIpc) is 2.04. The van der Waals surface area contributed by atoms with Crippen LogP contribution in [0.15, 0.2) is 28.7 Å². The Kier molecular flexibility index (Phi) is 6.42. The van der Waals surface area contributed by atoms with E-state index in [-0.39, 0.29) is 11.2 Å². The summed E-state index contributed by atoms with van der Waals surface area (Å²) in [7, 11) is 0. The Morgan fingerprint density at radius 3 is 1.35 bits per heavy atom. The van der Waals surface area contributed by atoms with Crippen LogP contribution >= 0.6 is 15.9 Å². The van der Waals surface area contributed by atoms with Gasteiger partial charge in [0.25, 0.3) is 0 Å². The lowest BCUT2D eigenvalue weighted by Crippen LogP contribution is -2.31. The van der Waals surface area contributed by atoms with Crippen LogP contribution in [0.5, 0.6) is 0 Å². The van der Waals surface area contributed by atoms with E-state index in [4.69, 9.17) is 4.74 Å². The minimum atomic E-state index is -0.0156. The van der Waals surface area contributed by atoms with Crippen LogP contribution in [0.2, 0.25) is 0 Å². The van der Waals surface area contributed by atoms with Crippen molar-refractivity contribution in [2.24, 2.45) is 0 Å². The first-order chi connectivity index (χ1) is 7.49. The van der Waals surface area contributed by atoms with Crippen molar-refractivity contribution in [2.45, 2.75) is 59.7 Å². The van der Waals surface area contributed by atoms with Gasteiger partial charge in [-0.1, -0.05) is 33.6 Å². The molecule has 0 heterocycles. The zero-order valence-corrected chi connectivity index (χ0v) is 13.7. The van der Waals surface area contributed by atoms with Gasteiger partial charge < -0.3 is 4.74 Å². The Bertz CT molecular complexity index is 281. The summed E-state index contributed by atoms with van der Waals surface area (Å²) in [6.07, 6.45) is 0. The first-order valence-electron chi connectivity index (χ1n) is 5.92. The number of hydrogen-bond donors (Lipinski definition) is 0. The predicted molar refractivity (Wildman–Crippen MR) is 79.5 cm³/mol. The third-order valence-electron chi connectivity index (χ3n) is 1.62. The highest BCUT2D eigenvalue weighted by Gasteiger charge is 2.19. The van der Waals surface area contributed by atoms with E-state index in [1.165, 1.54) is 5.56 Å². The number of aryl methyl sites for hydroxylation is 1. The summed E-state index contributed by atoms with van der Waals surface area (Å²) in [4.78, 5) is 0. The molecule has 1 rings (SSSR count). The smallest absolute Gasteiger partial charge is 0.0605 e. The van der Waals surface area contributed by atoms with Crippen LogP contribution in [0.1, 0.15) is 47.1 Å². The Morgan fingerprint density at radius 2 is 1.18 bits per heavy atom. The Labute approximate surface area is 115 Å². The summed E-state index contributed by atoms with van der Waals surface area (Å²) in [5, 5.41) is 0. The summed E-state index contributed by atoms with van der Waals surface area (Å²) in [6.45, 7) is 14.5. The van der Waals surface area contributed by atoms with Crippen LogP contribution in [-0.4, -0.2) is 11.2 Å². The minimum absolute atomic E-state index is 0.0156. The lowest BCUT2D eigenvalue weighted by atomic mass is 10.1. The maximum absolute atomic E-state index is 5.62. The van der Waals surface area contributed by atoms with Crippen LogP contribution in [0, 0.1) is 6.92 Å². The van der Waals surface area contributed by atoms with Gasteiger partial charge >= 0.3 is 0 Å². The van der Waals surface area contributed by atoms with Gasteiger partial charge in [-0.05, 0) is 60.6 Å². The average molecular weight is 301 g/mol. The molecule has 1 aromatic rings. The second-order valence-electron chi connectivity index (χ2n) is 6.12. The van der Waals surface area contributed by atoms with Crippen molar-refractivity contribution in [3.63, 3.8) is 0 Å². The maximum atomic E-state index is 5.62. The minimum Gasteiger partial charge on any atom is -0.370 e. The van der Waals surface area contributed by atoms with Gasteiger partial charge in [0.2, 0.25) is 0 Å². The largest absolute Gasteiger partial charge is 0.370 e. The molecule has 0 aliphatic heterocycles. The molecule has 0 aliphatic rings. The monoisotopic (exact) mass is 300 g/mol. The molecule has 17 heavy (non-hydrogen) atoms. The summed E-state index contributed by atoms with van der Waals surface area (Å²) >= 11 is 3.35. The van der Waals surface area contributed by atoms with Crippen LogP contribution in [0.25, 0.3) is 0 Å². The molecule has 0 spiro atoms. The Hall–Kier alpha value is -0.340. The second-order valence-corrected chi connectivity index (χ2v) is 7.04. The molecule has 98 valence electrons. The molecule has 0 aliphatic carbocycles. The van der Waals surface area contributed by atoms with Crippen LogP contribution in [-0.2, 0) is 4.74 Å². The van der Waals surface area contributed by atoms with Gasteiger partial charge in [0.1, 0.15) is 0 Å². The summed E-state index contributed by atoms with van der Waals surface area (Å²) in [5.41, 5.74) is 1.27. The molecule has 0 saturated carbocycles. The molecule has 0 atom stereocenters. The zero-order chi connectivity index (χ0) is 13.7. The molecule has 0 amide bonds. The van der Waals surface area contributed by atoms with Gasteiger partial charge in [0.05, 0.1) is 11.2 Å². The number of rotatable bonds is 0. The highest BCUT2D eigenvalue weighted by molar-refractivity contribution is 9.10. The van der Waals surface area contributed by atoms with Gasteiger partial charge in [-0.25, -0.2) is 0 Å². The fourth-order valence-corrected chi connectivity index (χ4v) is 1.72. The molecule has 1 nitrogen and oxygen atoms in total. The molecule has 0 bridgehead atoms. The van der Waals surface area contributed by atoms with Crippen LogP contribution < -0.4 is 0 Å². The SMILES string of the molecule is CC(C)(C)OC(C)(C)C.Cc1ccc(Br)cc1. The molecule has 0 N–H and O–H groups in total. The van der Waals surface area contributed by atoms with E-state index in [1.54, 1.807) is 0 Å². The molecular formula is C15H25BrO. The van der Waals surface area contributed by atoms with Crippen molar-refractivity contribution >= 4 is 15.9 Å². The first-order valence-corrected chi connectivity index (χ1v) is 6.71. The van der Waals surface area contributed by atoms with E-state index in [1.807, 2.05) is 12.1 Å². The highest BCUT2D eigenvalue weighted by Crippen LogP contribution is 2.18. The first kappa shape index (κ1) is 16.7. The Morgan fingerprint density at radius 1 is 0.824 bits per heavy atom. The van der Waals surface area contributed by atoms with E-state index in [0.717, 1.165) is 4.47 Å². The van der Waals surface area contributed by atoms with Gasteiger partial charge in [0, 0.05) is 4.47 Å². The van der Waals surface area contributed by atoms with Crippen molar-refractivity contribution in [1.82, 2.24) is 0 Å². The molecule has 1 aromatic carbocycles. The summed E-state index contributed by atoms with van der Waals surface area (Å²) < 4.78 is 6.77. The van der Waals surface area contributed by atoms with Gasteiger partial charge in [-0.15, -0.1) is 0 Å². The number of ether oxygens (including phenoxy) is 1. The number of benzene rings is 1. The lowest BCUT2D eigenvalue weighted by molar-refractivity contribution is -0.102. The van der Waals surface area contributed by atoms with Crippen LogP contribution in [0.4, 0.5) is 0 Å². The van der Waals surface area contributed by atoms with Gasteiger partial charge in [-0.2, -0.15) is 0 Å². The lowest BCUT2D eigenvalue weighted by Gasteiger charge is -2.30. The summed E-state index contributed by atoms with van der Waals surface area (Å²) in [6, 6.07) is 8.22. The Balaban J connectivity index is 0.000000302. The van der Waals surface area contributed by atoms with E-state index in [0.29, 0.717) is 0 Å². The molecule has 0 radical (unpaired) electrons. The van der Waals surface area contributed by atoms with Crippen molar-refractivity contribution in [3.8, 4) is 0 Å². The molecule has 0 aromatic heterocycles.